The van der Waals surface area contributed by atoms with Crippen molar-refractivity contribution in [3.05, 3.63) is 21.9 Å². The largest absolute Gasteiger partial charge is 0.357 e. The van der Waals surface area contributed by atoms with Gasteiger partial charge in [-0.1, -0.05) is 13.8 Å². The number of aryl methyl sites for hydroxylation is 1. The number of guanidine groups is 1. The molecule has 7 heteroatoms. The molecule has 0 saturated carbocycles. The molecular formula is C17H29IN4OS. The van der Waals surface area contributed by atoms with E-state index in [9.17, 15) is 4.79 Å². The monoisotopic (exact) mass is 464 g/mol. The van der Waals surface area contributed by atoms with Crippen molar-refractivity contribution >= 4 is 47.2 Å². The van der Waals surface area contributed by atoms with Crippen LogP contribution in [0.4, 0.5) is 0 Å². The number of hydrogen-bond donors (Lipinski definition) is 2. The molecule has 1 saturated heterocycles. The summed E-state index contributed by atoms with van der Waals surface area (Å²) in [6, 6.07) is 4.63. The van der Waals surface area contributed by atoms with E-state index in [1.165, 1.54) is 9.75 Å². The third-order valence-electron chi connectivity index (χ3n) is 3.99. The zero-order valence-corrected chi connectivity index (χ0v) is 17.9. The number of likely N-dealkylation sites (tertiary alicyclic amines) is 1. The maximum Gasteiger partial charge on any atom is 0.222 e. The standard InChI is InChI=1S/C17H28N4OS.HI/c1-4-14-7-8-15(23-14)11-19-17(18-6-3)20-13-9-10-21(12-13)16(22)5-2;/h7-8,13H,4-6,9-12H2,1-3H3,(H2,18,19,20);1H. The minimum Gasteiger partial charge on any atom is -0.357 e. The summed E-state index contributed by atoms with van der Waals surface area (Å²) in [5.41, 5.74) is 0. The summed E-state index contributed by atoms with van der Waals surface area (Å²) in [5.74, 6) is 1.08. The summed E-state index contributed by atoms with van der Waals surface area (Å²) in [7, 11) is 0. The molecule has 1 aromatic heterocycles. The molecule has 1 aliphatic rings. The van der Waals surface area contributed by atoms with Crippen molar-refractivity contribution in [1.82, 2.24) is 15.5 Å². The number of carbonyl (C=O) groups excluding carboxylic acids is 1. The Hall–Kier alpha value is -0.830. The molecule has 1 unspecified atom stereocenters. The van der Waals surface area contributed by atoms with Crippen molar-refractivity contribution in [3.8, 4) is 0 Å². The first-order valence-electron chi connectivity index (χ1n) is 8.56. The number of halogens is 1. The highest BCUT2D eigenvalue weighted by Crippen LogP contribution is 2.17. The number of amides is 1. The highest BCUT2D eigenvalue weighted by Gasteiger charge is 2.25. The molecule has 0 radical (unpaired) electrons. The van der Waals surface area contributed by atoms with Crippen LogP contribution >= 0.6 is 35.3 Å². The Balaban J connectivity index is 0.00000288. The molecule has 0 bridgehead atoms. The van der Waals surface area contributed by atoms with Gasteiger partial charge in [0.25, 0.3) is 0 Å². The molecule has 24 heavy (non-hydrogen) atoms. The summed E-state index contributed by atoms with van der Waals surface area (Å²) >= 11 is 1.83. The van der Waals surface area contributed by atoms with Crippen LogP contribution in [0.25, 0.3) is 0 Å². The van der Waals surface area contributed by atoms with Gasteiger partial charge in [0.1, 0.15) is 0 Å². The maximum atomic E-state index is 11.8. The Labute approximate surface area is 166 Å². The second-order valence-corrected chi connectivity index (χ2v) is 6.99. The van der Waals surface area contributed by atoms with Gasteiger partial charge in [0.2, 0.25) is 5.91 Å². The molecule has 0 aliphatic carbocycles. The fourth-order valence-corrected chi connectivity index (χ4v) is 3.58. The molecule has 5 nitrogen and oxygen atoms in total. The van der Waals surface area contributed by atoms with Crippen LogP contribution in [0, 0.1) is 0 Å². The number of carbonyl (C=O) groups is 1. The Kier molecular flexibility index (Phi) is 9.65. The van der Waals surface area contributed by atoms with E-state index < -0.39 is 0 Å². The molecule has 136 valence electrons. The molecule has 2 heterocycles. The van der Waals surface area contributed by atoms with Crippen LogP contribution < -0.4 is 10.6 Å². The molecule has 1 fully saturated rings. The zero-order valence-electron chi connectivity index (χ0n) is 14.8. The van der Waals surface area contributed by atoms with Gasteiger partial charge in [-0.05, 0) is 31.9 Å². The maximum absolute atomic E-state index is 11.8. The van der Waals surface area contributed by atoms with Crippen molar-refractivity contribution in [2.45, 2.75) is 52.6 Å². The Bertz CT molecular complexity index is 546. The van der Waals surface area contributed by atoms with Gasteiger partial charge in [-0.15, -0.1) is 35.3 Å². The topological polar surface area (TPSA) is 56.7 Å². The third-order valence-corrected chi connectivity index (χ3v) is 5.20. The van der Waals surface area contributed by atoms with Crippen LogP contribution in [0.1, 0.15) is 43.4 Å². The first-order chi connectivity index (χ1) is 11.2. The molecule has 0 aromatic carbocycles. The van der Waals surface area contributed by atoms with Crippen molar-refractivity contribution in [1.29, 1.82) is 0 Å². The van der Waals surface area contributed by atoms with Crippen LogP contribution in [0.2, 0.25) is 0 Å². The van der Waals surface area contributed by atoms with Crippen molar-refractivity contribution in [2.24, 2.45) is 4.99 Å². The third kappa shape index (κ3) is 6.23. The van der Waals surface area contributed by atoms with Gasteiger partial charge >= 0.3 is 0 Å². The molecule has 1 aromatic rings. The van der Waals surface area contributed by atoms with Gasteiger partial charge in [0, 0.05) is 41.9 Å². The van der Waals surface area contributed by atoms with E-state index in [2.05, 4.69) is 41.6 Å². The number of hydrogen-bond acceptors (Lipinski definition) is 3. The number of aliphatic imine (C=N–C) groups is 1. The van der Waals surface area contributed by atoms with Crippen LogP contribution in [0.3, 0.4) is 0 Å². The fraction of sp³-hybridized carbons (Fsp3) is 0.647. The first kappa shape index (κ1) is 21.2. The van der Waals surface area contributed by atoms with Crippen LogP contribution in [0.15, 0.2) is 17.1 Å². The lowest BCUT2D eigenvalue weighted by Crippen LogP contribution is -2.45. The number of nitrogens with zero attached hydrogens (tertiary/aromatic N) is 2. The van der Waals surface area contributed by atoms with E-state index >= 15 is 0 Å². The normalized spacial score (nSPS) is 17.5. The number of thiophene rings is 1. The Morgan fingerprint density at radius 3 is 2.71 bits per heavy atom. The molecular weight excluding hydrogens is 435 g/mol. The summed E-state index contributed by atoms with van der Waals surface area (Å²) in [5, 5.41) is 6.77. The quantitative estimate of drug-likeness (QED) is 0.387. The predicted molar refractivity (Wildman–Crippen MR) is 112 cm³/mol. The average molecular weight is 464 g/mol. The zero-order chi connectivity index (χ0) is 16.7. The summed E-state index contributed by atoms with van der Waals surface area (Å²) in [4.78, 5) is 21.1. The second-order valence-electron chi connectivity index (χ2n) is 5.74. The second kappa shape index (κ2) is 10.9. The first-order valence-corrected chi connectivity index (χ1v) is 9.38. The van der Waals surface area contributed by atoms with Crippen molar-refractivity contribution < 1.29 is 4.79 Å². The highest BCUT2D eigenvalue weighted by atomic mass is 127. The number of nitrogens with one attached hydrogen (secondary N) is 2. The van der Waals surface area contributed by atoms with E-state index in [0.29, 0.717) is 13.0 Å². The van der Waals surface area contributed by atoms with Crippen molar-refractivity contribution in [3.63, 3.8) is 0 Å². The molecule has 2 rings (SSSR count). The molecule has 0 spiro atoms. The average Bonchev–Trinajstić information content (AvgIpc) is 3.21. The van der Waals surface area contributed by atoms with Gasteiger partial charge < -0.3 is 15.5 Å². The number of rotatable bonds is 6. The minimum absolute atomic E-state index is 0. The van der Waals surface area contributed by atoms with E-state index in [1.54, 1.807) is 0 Å². The van der Waals surface area contributed by atoms with Crippen LogP contribution in [-0.2, 0) is 17.8 Å². The van der Waals surface area contributed by atoms with Gasteiger partial charge in [0.05, 0.1) is 6.54 Å². The lowest BCUT2D eigenvalue weighted by molar-refractivity contribution is -0.129. The van der Waals surface area contributed by atoms with Gasteiger partial charge in [-0.3, -0.25) is 4.79 Å². The molecule has 1 amide bonds. The molecule has 2 N–H and O–H groups in total. The lowest BCUT2D eigenvalue weighted by atomic mass is 10.3. The molecule has 1 atom stereocenters. The predicted octanol–water partition coefficient (Wildman–Crippen LogP) is 2.99. The van der Waals surface area contributed by atoms with Crippen LogP contribution in [-0.4, -0.2) is 42.4 Å². The smallest absolute Gasteiger partial charge is 0.222 e. The SMILES string of the molecule is CCNC(=NCc1ccc(CC)s1)NC1CCN(C(=O)CC)C1.I. The van der Waals surface area contributed by atoms with Gasteiger partial charge in [-0.25, -0.2) is 4.99 Å². The van der Waals surface area contributed by atoms with E-state index in [1.807, 2.05) is 23.2 Å². The van der Waals surface area contributed by atoms with Crippen LogP contribution in [0.5, 0.6) is 0 Å². The van der Waals surface area contributed by atoms with E-state index in [4.69, 9.17) is 0 Å². The van der Waals surface area contributed by atoms with Gasteiger partial charge in [-0.2, -0.15) is 0 Å². The molecule has 1 aliphatic heterocycles. The Morgan fingerprint density at radius 1 is 1.33 bits per heavy atom. The summed E-state index contributed by atoms with van der Waals surface area (Å²) < 4.78 is 0. The minimum atomic E-state index is 0. The van der Waals surface area contributed by atoms with Crippen molar-refractivity contribution in [2.75, 3.05) is 19.6 Å². The van der Waals surface area contributed by atoms with E-state index in [-0.39, 0.29) is 35.9 Å². The highest BCUT2D eigenvalue weighted by molar-refractivity contribution is 14.0. The van der Waals surface area contributed by atoms with Gasteiger partial charge in [0.15, 0.2) is 5.96 Å². The summed E-state index contributed by atoms with van der Waals surface area (Å²) in [6.45, 7) is 9.31. The fourth-order valence-electron chi connectivity index (χ4n) is 2.70. The summed E-state index contributed by atoms with van der Waals surface area (Å²) in [6.07, 6.45) is 2.64. The Morgan fingerprint density at radius 2 is 2.08 bits per heavy atom. The van der Waals surface area contributed by atoms with E-state index in [0.717, 1.165) is 38.4 Å². The lowest BCUT2D eigenvalue weighted by Gasteiger charge is -2.18.